The van der Waals surface area contributed by atoms with Crippen LogP contribution in [0.3, 0.4) is 0 Å². The van der Waals surface area contributed by atoms with Gasteiger partial charge in [0.25, 0.3) is 0 Å². The van der Waals surface area contributed by atoms with E-state index in [2.05, 4.69) is 24.1 Å². The zero-order chi connectivity index (χ0) is 12.7. The van der Waals surface area contributed by atoms with Crippen LogP contribution in [0.2, 0.25) is 0 Å². The van der Waals surface area contributed by atoms with Gasteiger partial charge in [-0.25, -0.2) is 4.98 Å². The molecule has 0 saturated carbocycles. The highest BCUT2D eigenvalue weighted by Crippen LogP contribution is 2.16. The molecule has 0 aliphatic heterocycles. The first-order valence-corrected chi connectivity index (χ1v) is 7.25. The molecule has 1 atom stereocenters. The number of nitrogens with one attached hydrogen (secondary N) is 1. The second kappa shape index (κ2) is 7.80. The van der Waals surface area contributed by atoms with Gasteiger partial charge in [-0.2, -0.15) is 0 Å². The van der Waals surface area contributed by atoms with E-state index < -0.39 is 0 Å². The van der Waals surface area contributed by atoms with E-state index in [1.807, 2.05) is 13.1 Å². The fraction of sp³-hybridized carbons (Fsp3) is 0.769. The van der Waals surface area contributed by atoms with E-state index in [4.69, 9.17) is 0 Å². The van der Waals surface area contributed by atoms with Gasteiger partial charge in [-0.15, -0.1) is 11.3 Å². The van der Waals surface area contributed by atoms with Gasteiger partial charge < -0.3 is 10.4 Å². The standard InChI is InChI=1S/C13H24N2OS/c1-4-11(16)5-6-14-8-12-9-15-13(17-12)7-10(2)3/h9-11,14,16H,4-8H2,1-3H3. The molecule has 2 N–H and O–H groups in total. The number of rotatable bonds is 8. The average Bonchev–Trinajstić information content (AvgIpc) is 2.70. The topological polar surface area (TPSA) is 45.1 Å². The van der Waals surface area contributed by atoms with Gasteiger partial charge in [-0.1, -0.05) is 20.8 Å². The van der Waals surface area contributed by atoms with E-state index in [0.29, 0.717) is 5.92 Å². The first kappa shape index (κ1) is 14.6. The Hall–Kier alpha value is -0.450. The first-order valence-electron chi connectivity index (χ1n) is 6.44. The Balaban J connectivity index is 2.21. The van der Waals surface area contributed by atoms with Crippen molar-refractivity contribution in [1.82, 2.24) is 10.3 Å². The van der Waals surface area contributed by atoms with E-state index in [9.17, 15) is 5.11 Å². The summed E-state index contributed by atoms with van der Waals surface area (Å²) >= 11 is 1.79. The van der Waals surface area contributed by atoms with Gasteiger partial charge in [0.1, 0.15) is 0 Å². The van der Waals surface area contributed by atoms with E-state index in [1.54, 1.807) is 11.3 Å². The van der Waals surface area contributed by atoms with Crippen LogP contribution in [0.5, 0.6) is 0 Å². The SMILES string of the molecule is CCC(O)CCNCc1cnc(CC(C)C)s1. The number of hydrogen-bond donors (Lipinski definition) is 2. The minimum Gasteiger partial charge on any atom is -0.393 e. The number of aliphatic hydroxyl groups excluding tert-OH is 1. The zero-order valence-electron chi connectivity index (χ0n) is 11.1. The molecule has 0 aliphatic carbocycles. The van der Waals surface area contributed by atoms with Crippen LogP contribution in [-0.4, -0.2) is 22.7 Å². The molecule has 98 valence electrons. The van der Waals surface area contributed by atoms with Crippen molar-refractivity contribution in [2.24, 2.45) is 5.92 Å². The van der Waals surface area contributed by atoms with Crippen molar-refractivity contribution >= 4 is 11.3 Å². The number of hydrogen-bond acceptors (Lipinski definition) is 4. The normalized spacial score (nSPS) is 13.2. The molecule has 0 amide bonds. The molecule has 0 aliphatic rings. The Morgan fingerprint density at radius 3 is 2.88 bits per heavy atom. The molecule has 1 heterocycles. The van der Waals surface area contributed by atoms with E-state index in [-0.39, 0.29) is 6.10 Å². The number of aliphatic hydroxyl groups is 1. The number of aromatic nitrogens is 1. The summed E-state index contributed by atoms with van der Waals surface area (Å²) in [6, 6.07) is 0. The first-order chi connectivity index (χ1) is 8.11. The van der Waals surface area contributed by atoms with Crippen molar-refractivity contribution in [2.75, 3.05) is 6.54 Å². The number of thiazole rings is 1. The maximum Gasteiger partial charge on any atom is 0.0930 e. The summed E-state index contributed by atoms with van der Waals surface area (Å²) in [4.78, 5) is 5.70. The molecule has 0 radical (unpaired) electrons. The highest BCUT2D eigenvalue weighted by molar-refractivity contribution is 7.11. The van der Waals surface area contributed by atoms with Gasteiger partial charge in [0.15, 0.2) is 0 Å². The zero-order valence-corrected chi connectivity index (χ0v) is 11.9. The Morgan fingerprint density at radius 2 is 2.24 bits per heavy atom. The Bertz CT molecular complexity index is 312. The summed E-state index contributed by atoms with van der Waals surface area (Å²) in [6.07, 6.45) is 4.53. The third kappa shape index (κ3) is 6.15. The molecule has 0 fully saturated rings. The smallest absolute Gasteiger partial charge is 0.0930 e. The molecule has 1 unspecified atom stereocenters. The van der Waals surface area contributed by atoms with E-state index >= 15 is 0 Å². The minimum atomic E-state index is -0.166. The van der Waals surface area contributed by atoms with Crippen molar-refractivity contribution in [1.29, 1.82) is 0 Å². The maximum absolute atomic E-state index is 9.41. The third-order valence-corrected chi connectivity index (χ3v) is 3.63. The lowest BCUT2D eigenvalue weighted by Gasteiger charge is -2.07. The Morgan fingerprint density at radius 1 is 1.47 bits per heavy atom. The molecule has 0 saturated heterocycles. The second-order valence-corrected chi connectivity index (χ2v) is 6.05. The van der Waals surface area contributed by atoms with E-state index in [1.165, 1.54) is 9.88 Å². The molecule has 0 aromatic carbocycles. The van der Waals surface area contributed by atoms with Crippen LogP contribution in [0.4, 0.5) is 0 Å². The predicted octanol–water partition coefficient (Wildman–Crippen LogP) is 2.59. The van der Waals surface area contributed by atoms with Crippen LogP contribution in [0, 0.1) is 5.92 Å². The summed E-state index contributed by atoms with van der Waals surface area (Å²) in [5.74, 6) is 0.668. The molecule has 3 nitrogen and oxygen atoms in total. The molecule has 1 aromatic rings. The highest BCUT2D eigenvalue weighted by Gasteiger charge is 2.04. The molecule has 17 heavy (non-hydrogen) atoms. The Labute approximate surface area is 108 Å². The fourth-order valence-corrected chi connectivity index (χ4v) is 2.66. The van der Waals surface area contributed by atoms with Crippen LogP contribution in [0.25, 0.3) is 0 Å². The van der Waals surface area contributed by atoms with Crippen LogP contribution in [-0.2, 0) is 13.0 Å². The minimum absolute atomic E-state index is 0.166. The molecule has 1 aromatic heterocycles. The van der Waals surface area contributed by atoms with Gasteiger partial charge in [0.2, 0.25) is 0 Å². The monoisotopic (exact) mass is 256 g/mol. The van der Waals surface area contributed by atoms with Crippen LogP contribution < -0.4 is 5.32 Å². The molecular weight excluding hydrogens is 232 g/mol. The predicted molar refractivity (Wildman–Crippen MR) is 73.3 cm³/mol. The summed E-state index contributed by atoms with van der Waals surface area (Å²) in [7, 11) is 0. The maximum atomic E-state index is 9.41. The molecule has 1 rings (SSSR count). The number of nitrogens with zero attached hydrogens (tertiary/aromatic N) is 1. The lowest BCUT2D eigenvalue weighted by Crippen LogP contribution is -2.19. The van der Waals surface area contributed by atoms with Gasteiger partial charge >= 0.3 is 0 Å². The molecule has 0 bridgehead atoms. The van der Waals surface area contributed by atoms with Crippen molar-refractivity contribution < 1.29 is 5.11 Å². The molecule has 4 heteroatoms. The van der Waals surface area contributed by atoms with Crippen LogP contribution in [0.15, 0.2) is 6.20 Å². The van der Waals surface area contributed by atoms with Crippen molar-refractivity contribution in [3.63, 3.8) is 0 Å². The second-order valence-electron chi connectivity index (χ2n) is 4.85. The van der Waals surface area contributed by atoms with Gasteiger partial charge in [-0.3, -0.25) is 0 Å². The van der Waals surface area contributed by atoms with Gasteiger partial charge in [0.05, 0.1) is 11.1 Å². The van der Waals surface area contributed by atoms with Gasteiger partial charge in [-0.05, 0) is 25.3 Å². The molecular formula is C13H24N2OS. The fourth-order valence-electron chi connectivity index (χ4n) is 1.56. The third-order valence-electron chi connectivity index (χ3n) is 2.61. The van der Waals surface area contributed by atoms with Crippen LogP contribution in [0.1, 0.15) is 43.5 Å². The highest BCUT2D eigenvalue weighted by atomic mass is 32.1. The summed E-state index contributed by atoms with van der Waals surface area (Å²) in [5, 5.41) is 14.0. The van der Waals surface area contributed by atoms with Crippen molar-refractivity contribution in [3.8, 4) is 0 Å². The van der Waals surface area contributed by atoms with E-state index in [0.717, 1.165) is 32.4 Å². The van der Waals surface area contributed by atoms with Crippen molar-refractivity contribution in [2.45, 2.75) is 52.7 Å². The summed E-state index contributed by atoms with van der Waals surface area (Å²) in [6.45, 7) is 8.17. The summed E-state index contributed by atoms with van der Waals surface area (Å²) in [5.41, 5.74) is 0. The summed E-state index contributed by atoms with van der Waals surface area (Å²) < 4.78 is 0. The van der Waals surface area contributed by atoms with Crippen LogP contribution >= 0.6 is 11.3 Å². The lowest BCUT2D eigenvalue weighted by molar-refractivity contribution is 0.160. The lowest BCUT2D eigenvalue weighted by atomic mass is 10.1. The van der Waals surface area contributed by atoms with Gasteiger partial charge in [0, 0.05) is 24.0 Å². The average molecular weight is 256 g/mol. The molecule has 0 spiro atoms. The Kier molecular flexibility index (Phi) is 6.70. The largest absolute Gasteiger partial charge is 0.393 e. The quantitative estimate of drug-likeness (QED) is 0.703. The van der Waals surface area contributed by atoms with Crippen molar-refractivity contribution in [3.05, 3.63) is 16.1 Å².